The van der Waals surface area contributed by atoms with Crippen molar-refractivity contribution in [2.75, 3.05) is 0 Å². The molecule has 1 heterocycles. The second-order valence-electron chi connectivity index (χ2n) is 4.03. The maximum absolute atomic E-state index is 10.2. The first-order chi connectivity index (χ1) is 6.08. The van der Waals surface area contributed by atoms with E-state index < -0.39 is 5.60 Å². The van der Waals surface area contributed by atoms with E-state index in [4.69, 9.17) is 11.6 Å². The van der Waals surface area contributed by atoms with Crippen molar-refractivity contribution in [2.45, 2.75) is 31.8 Å². The molecular formula is C10H13ClOS. The van der Waals surface area contributed by atoms with Gasteiger partial charge in [0.2, 0.25) is 0 Å². The van der Waals surface area contributed by atoms with E-state index in [0.29, 0.717) is 0 Å². The van der Waals surface area contributed by atoms with Crippen LogP contribution in [0.3, 0.4) is 0 Å². The van der Waals surface area contributed by atoms with Crippen molar-refractivity contribution >= 4 is 22.9 Å². The van der Waals surface area contributed by atoms with Crippen LogP contribution in [0.25, 0.3) is 0 Å². The molecule has 1 nitrogen and oxygen atoms in total. The summed E-state index contributed by atoms with van der Waals surface area (Å²) < 4.78 is 0.756. The molecule has 0 radical (unpaired) electrons. The van der Waals surface area contributed by atoms with Crippen LogP contribution in [-0.2, 0) is 5.60 Å². The predicted molar refractivity (Wildman–Crippen MR) is 56.2 cm³/mol. The van der Waals surface area contributed by atoms with Crippen LogP contribution in [0.4, 0.5) is 0 Å². The molecule has 13 heavy (non-hydrogen) atoms. The van der Waals surface area contributed by atoms with Crippen LogP contribution in [0.1, 0.15) is 31.1 Å². The summed E-state index contributed by atoms with van der Waals surface area (Å²) in [7, 11) is 0. The van der Waals surface area contributed by atoms with Crippen molar-refractivity contribution in [1.29, 1.82) is 0 Å². The molecule has 0 aromatic carbocycles. The van der Waals surface area contributed by atoms with Gasteiger partial charge in [-0.15, -0.1) is 11.3 Å². The summed E-state index contributed by atoms with van der Waals surface area (Å²) in [4.78, 5) is 0.990. The molecule has 1 saturated carbocycles. The Hall–Kier alpha value is -0.0500. The molecule has 0 spiro atoms. The minimum Gasteiger partial charge on any atom is -0.385 e. The van der Waals surface area contributed by atoms with Gasteiger partial charge in [0.15, 0.2) is 0 Å². The zero-order valence-electron chi connectivity index (χ0n) is 7.59. The van der Waals surface area contributed by atoms with Crippen molar-refractivity contribution in [1.82, 2.24) is 0 Å². The molecule has 1 aromatic heterocycles. The highest BCUT2D eigenvalue weighted by Gasteiger charge is 2.33. The first-order valence-electron chi connectivity index (χ1n) is 4.56. The molecule has 1 aromatic rings. The summed E-state index contributed by atoms with van der Waals surface area (Å²) in [6, 6.07) is 3.78. The molecule has 1 aliphatic carbocycles. The third kappa shape index (κ3) is 2.25. The van der Waals surface area contributed by atoms with Gasteiger partial charge in [0.05, 0.1) is 9.94 Å². The fourth-order valence-electron chi connectivity index (χ4n) is 1.59. The fourth-order valence-corrected chi connectivity index (χ4v) is 2.69. The standard InChI is InChI=1S/C10H13ClOS/c1-10(12,6-7-2-3-7)8-4-5-9(11)13-8/h4-5,7,12H,2-3,6H2,1H3. The summed E-state index contributed by atoms with van der Waals surface area (Å²) in [5.41, 5.74) is -0.668. The second-order valence-corrected chi connectivity index (χ2v) is 5.74. The highest BCUT2D eigenvalue weighted by Crippen LogP contribution is 2.42. The van der Waals surface area contributed by atoms with E-state index in [2.05, 4.69) is 0 Å². The Morgan fingerprint density at radius 3 is 2.77 bits per heavy atom. The van der Waals surface area contributed by atoms with Gasteiger partial charge in [-0.05, 0) is 31.4 Å². The van der Waals surface area contributed by atoms with Crippen LogP contribution in [0, 0.1) is 5.92 Å². The lowest BCUT2D eigenvalue weighted by Crippen LogP contribution is -2.20. The van der Waals surface area contributed by atoms with Gasteiger partial charge < -0.3 is 5.11 Å². The molecule has 1 N–H and O–H groups in total. The van der Waals surface area contributed by atoms with E-state index in [1.54, 1.807) is 0 Å². The van der Waals surface area contributed by atoms with Gasteiger partial charge in [-0.1, -0.05) is 24.4 Å². The quantitative estimate of drug-likeness (QED) is 0.821. The molecule has 0 amide bonds. The maximum atomic E-state index is 10.2. The van der Waals surface area contributed by atoms with Crippen molar-refractivity contribution in [3.05, 3.63) is 21.3 Å². The van der Waals surface area contributed by atoms with Gasteiger partial charge >= 0.3 is 0 Å². The summed E-state index contributed by atoms with van der Waals surface area (Å²) in [5.74, 6) is 0.732. The minimum atomic E-state index is -0.668. The van der Waals surface area contributed by atoms with Crippen molar-refractivity contribution in [3.8, 4) is 0 Å². The summed E-state index contributed by atoms with van der Waals surface area (Å²) in [6.45, 7) is 1.88. The Labute approximate surface area is 87.4 Å². The number of rotatable bonds is 3. The molecule has 0 aliphatic heterocycles. The smallest absolute Gasteiger partial charge is 0.0963 e. The molecule has 1 aliphatic rings. The zero-order chi connectivity index (χ0) is 9.47. The van der Waals surface area contributed by atoms with Crippen LogP contribution in [0.15, 0.2) is 12.1 Å². The monoisotopic (exact) mass is 216 g/mol. The summed E-state index contributed by atoms with van der Waals surface area (Å²) in [6.07, 6.45) is 3.42. The number of halogens is 1. The van der Waals surface area contributed by atoms with E-state index >= 15 is 0 Å². The average Bonchev–Trinajstić information content (AvgIpc) is 2.70. The van der Waals surface area contributed by atoms with Gasteiger partial charge in [-0.25, -0.2) is 0 Å². The lowest BCUT2D eigenvalue weighted by atomic mass is 9.97. The van der Waals surface area contributed by atoms with E-state index in [0.717, 1.165) is 21.6 Å². The Bertz CT molecular complexity index is 302. The third-order valence-corrected chi connectivity index (χ3v) is 3.97. The molecule has 1 fully saturated rings. The topological polar surface area (TPSA) is 20.2 Å². The number of hydrogen-bond donors (Lipinski definition) is 1. The highest BCUT2D eigenvalue weighted by atomic mass is 35.5. The average molecular weight is 217 g/mol. The molecule has 0 bridgehead atoms. The molecule has 3 heteroatoms. The number of aliphatic hydroxyl groups is 1. The summed E-state index contributed by atoms with van der Waals surface area (Å²) >= 11 is 7.31. The Balaban J connectivity index is 2.12. The number of thiophene rings is 1. The Morgan fingerprint density at radius 1 is 1.62 bits per heavy atom. The lowest BCUT2D eigenvalue weighted by Gasteiger charge is -2.21. The SMILES string of the molecule is CC(O)(CC1CC1)c1ccc(Cl)s1. The molecular weight excluding hydrogens is 204 g/mol. The van der Waals surface area contributed by atoms with Crippen LogP contribution >= 0.6 is 22.9 Å². The number of hydrogen-bond acceptors (Lipinski definition) is 2. The summed E-state index contributed by atoms with van der Waals surface area (Å²) in [5, 5.41) is 10.2. The molecule has 1 unspecified atom stereocenters. The van der Waals surface area contributed by atoms with Crippen LogP contribution < -0.4 is 0 Å². The maximum Gasteiger partial charge on any atom is 0.0963 e. The second kappa shape index (κ2) is 3.26. The molecule has 2 rings (SSSR count). The van der Waals surface area contributed by atoms with Crippen LogP contribution in [-0.4, -0.2) is 5.11 Å². The highest BCUT2D eigenvalue weighted by molar-refractivity contribution is 7.16. The van der Waals surface area contributed by atoms with E-state index in [9.17, 15) is 5.11 Å². The molecule has 72 valence electrons. The largest absolute Gasteiger partial charge is 0.385 e. The molecule has 1 atom stereocenters. The van der Waals surface area contributed by atoms with Crippen molar-refractivity contribution < 1.29 is 5.11 Å². The van der Waals surface area contributed by atoms with Gasteiger partial charge in [-0.3, -0.25) is 0 Å². The van der Waals surface area contributed by atoms with Gasteiger partial charge in [0, 0.05) is 4.88 Å². The molecule has 0 saturated heterocycles. The minimum absolute atomic E-state index is 0.668. The first kappa shape index (κ1) is 9.50. The van der Waals surface area contributed by atoms with E-state index in [1.807, 2.05) is 19.1 Å². The first-order valence-corrected chi connectivity index (χ1v) is 5.75. The van der Waals surface area contributed by atoms with Crippen molar-refractivity contribution in [2.24, 2.45) is 5.92 Å². The van der Waals surface area contributed by atoms with Gasteiger partial charge in [0.25, 0.3) is 0 Å². The third-order valence-electron chi connectivity index (χ3n) is 2.49. The van der Waals surface area contributed by atoms with Crippen molar-refractivity contribution in [3.63, 3.8) is 0 Å². The normalized spacial score (nSPS) is 21.5. The van der Waals surface area contributed by atoms with Crippen LogP contribution in [0.2, 0.25) is 4.34 Å². The van der Waals surface area contributed by atoms with E-state index in [1.165, 1.54) is 24.2 Å². The Morgan fingerprint density at radius 2 is 2.31 bits per heavy atom. The van der Waals surface area contributed by atoms with E-state index in [-0.39, 0.29) is 0 Å². The van der Waals surface area contributed by atoms with Gasteiger partial charge in [-0.2, -0.15) is 0 Å². The fraction of sp³-hybridized carbons (Fsp3) is 0.600. The lowest BCUT2D eigenvalue weighted by molar-refractivity contribution is 0.0455. The zero-order valence-corrected chi connectivity index (χ0v) is 9.16. The van der Waals surface area contributed by atoms with Gasteiger partial charge in [0.1, 0.15) is 0 Å². The van der Waals surface area contributed by atoms with Crippen LogP contribution in [0.5, 0.6) is 0 Å². The Kier molecular flexibility index (Phi) is 2.39. The predicted octanol–water partition coefficient (Wildman–Crippen LogP) is 3.41.